The van der Waals surface area contributed by atoms with Crippen LogP contribution < -0.4 is 15.2 Å². The van der Waals surface area contributed by atoms with E-state index in [4.69, 9.17) is 15.2 Å². The number of amides is 1. The van der Waals surface area contributed by atoms with Crippen molar-refractivity contribution in [2.75, 3.05) is 19.4 Å². The molecule has 0 bridgehead atoms. The number of nitrogen functional groups attached to an aromatic ring is 1. The first-order valence-electron chi connectivity index (χ1n) is 9.95. The molecule has 0 aromatic carbocycles. The van der Waals surface area contributed by atoms with Crippen LogP contribution in [0.2, 0.25) is 0 Å². The maximum Gasteiger partial charge on any atom is 0.256 e. The van der Waals surface area contributed by atoms with Gasteiger partial charge in [0, 0.05) is 47.5 Å². The lowest BCUT2D eigenvalue weighted by molar-refractivity contribution is 0.0370. The summed E-state index contributed by atoms with van der Waals surface area (Å²) in [4.78, 5) is 28.1. The molecular formula is C22H25N5O3. The summed E-state index contributed by atoms with van der Waals surface area (Å²) in [6, 6.07) is 5.30. The number of nitrogens with two attached hydrogens (primary N) is 1. The number of rotatable bonds is 5. The Labute approximate surface area is 175 Å². The molecule has 4 heterocycles. The van der Waals surface area contributed by atoms with Crippen LogP contribution in [0.4, 0.5) is 5.69 Å². The fraction of sp³-hybridized carbons (Fsp3) is 0.364. The van der Waals surface area contributed by atoms with Crippen LogP contribution in [0.1, 0.15) is 41.4 Å². The average Bonchev–Trinajstić information content (AvgIpc) is 2.71. The molecule has 1 saturated heterocycles. The van der Waals surface area contributed by atoms with Crippen molar-refractivity contribution in [1.82, 2.24) is 14.9 Å². The first-order valence-corrected chi connectivity index (χ1v) is 9.95. The minimum absolute atomic E-state index is 0.0839. The van der Waals surface area contributed by atoms with Gasteiger partial charge in [0.25, 0.3) is 5.91 Å². The van der Waals surface area contributed by atoms with E-state index in [1.165, 1.54) is 0 Å². The number of carbonyl (C=O) groups is 1. The molecule has 8 nitrogen and oxygen atoms in total. The number of ether oxygens (including phenoxy) is 2. The fourth-order valence-corrected chi connectivity index (χ4v) is 3.63. The minimum Gasteiger partial charge on any atom is -0.481 e. The molecule has 4 rings (SSSR count). The molecule has 1 amide bonds. The number of hydrogen-bond donors (Lipinski definition) is 1. The first-order chi connectivity index (χ1) is 14.5. The van der Waals surface area contributed by atoms with Gasteiger partial charge in [-0.1, -0.05) is 0 Å². The number of hydrogen-bond acceptors (Lipinski definition) is 7. The molecule has 0 radical (unpaired) electrons. The van der Waals surface area contributed by atoms with Crippen molar-refractivity contribution in [1.29, 1.82) is 0 Å². The van der Waals surface area contributed by atoms with Gasteiger partial charge in [-0.25, -0.2) is 9.97 Å². The fourth-order valence-electron chi connectivity index (χ4n) is 3.63. The summed E-state index contributed by atoms with van der Waals surface area (Å²) in [5.41, 5.74) is 9.34. The van der Waals surface area contributed by atoms with Crippen molar-refractivity contribution >= 4 is 23.4 Å². The highest BCUT2D eigenvalue weighted by molar-refractivity contribution is 6.17. The molecule has 1 fully saturated rings. The highest BCUT2D eigenvalue weighted by Crippen LogP contribution is 2.29. The second-order valence-corrected chi connectivity index (χ2v) is 7.57. The van der Waals surface area contributed by atoms with Crippen LogP contribution >= 0.6 is 0 Å². The van der Waals surface area contributed by atoms with Crippen molar-refractivity contribution in [2.45, 2.75) is 38.8 Å². The first kappa shape index (κ1) is 19.9. The average molecular weight is 407 g/mol. The largest absolute Gasteiger partial charge is 0.481 e. The third-order valence-corrected chi connectivity index (χ3v) is 5.59. The van der Waals surface area contributed by atoms with Crippen molar-refractivity contribution in [3.05, 3.63) is 47.4 Å². The molecule has 0 spiro atoms. The summed E-state index contributed by atoms with van der Waals surface area (Å²) in [5, 5.41) is 0. The van der Waals surface area contributed by atoms with E-state index < -0.39 is 0 Å². The van der Waals surface area contributed by atoms with Gasteiger partial charge >= 0.3 is 0 Å². The van der Waals surface area contributed by atoms with Gasteiger partial charge in [0.1, 0.15) is 6.10 Å². The van der Waals surface area contributed by atoms with Crippen LogP contribution in [0.5, 0.6) is 11.8 Å². The number of aromatic nitrogens is 2. The maximum atomic E-state index is 13.5. The van der Waals surface area contributed by atoms with Crippen molar-refractivity contribution in [2.24, 2.45) is 4.99 Å². The number of nitrogens with zero attached hydrogens (tertiary/aromatic N) is 4. The standard InChI is InChI=1S/C22H25N5O3/c1-13-4-5-16(30-21-14(2)18(23)8-9-25-21)12-27(13)22(28)17-6-7-19(29-3)26-20(17)15-10-24-11-15/h6-11,13,16H,4-5,12H2,1-3H3,(H2,23,25). The number of piperidine rings is 1. The molecule has 2 N–H and O–H groups in total. The van der Waals surface area contributed by atoms with E-state index in [1.54, 1.807) is 43.9 Å². The number of pyridine rings is 2. The van der Waals surface area contributed by atoms with Gasteiger partial charge < -0.3 is 20.1 Å². The van der Waals surface area contributed by atoms with E-state index in [0.717, 1.165) is 24.0 Å². The molecule has 0 aliphatic carbocycles. The summed E-state index contributed by atoms with van der Waals surface area (Å²) in [6.45, 7) is 4.41. The van der Waals surface area contributed by atoms with E-state index in [-0.39, 0.29) is 18.1 Å². The Morgan fingerprint density at radius 3 is 2.77 bits per heavy atom. The molecule has 2 aliphatic rings. The molecule has 2 aromatic rings. The third kappa shape index (κ3) is 3.72. The van der Waals surface area contributed by atoms with Gasteiger partial charge in [-0.15, -0.1) is 0 Å². The highest BCUT2D eigenvalue weighted by atomic mass is 16.5. The monoisotopic (exact) mass is 407 g/mol. The van der Waals surface area contributed by atoms with Gasteiger partial charge in [0.05, 0.1) is 24.9 Å². The highest BCUT2D eigenvalue weighted by Gasteiger charge is 2.33. The van der Waals surface area contributed by atoms with Gasteiger partial charge in [-0.05, 0) is 38.8 Å². The van der Waals surface area contributed by atoms with Gasteiger partial charge in [-0.3, -0.25) is 9.79 Å². The zero-order valence-electron chi connectivity index (χ0n) is 17.3. The predicted octanol–water partition coefficient (Wildman–Crippen LogP) is 2.87. The van der Waals surface area contributed by atoms with Gasteiger partial charge in [-0.2, -0.15) is 0 Å². The number of carbonyl (C=O) groups excluding carboxylic acids is 1. The second kappa shape index (κ2) is 8.14. The molecule has 30 heavy (non-hydrogen) atoms. The molecule has 8 heteroatoms. The summed E-state index contributed by atoms with van der Waals surface area (Å²) in [5.74, 6) is 0.892. The molecule has 2 unspecified atom stereocenters. The Morgan fingerprint density at radius 1 is 1.27 bits per heavy atom. The van der Waals surface area contributed by atoms with Crippen LogP contribution in [-0.4, -0.2) is 52.8 Å². The van der Waals surface area contributed by atoms with Crippen LogP contribution in [0.3, 0.4) is 0 Å². The molecule has 2 atom stereocenters. The number of allylic oxidation sites excluding steroid dienone is 1. The summed E-state index contributed by atoms with van der Waals surface area (Å²) in [7, 11) is 1.55. The lowest BCUT2D eigenvalue weighted by Crippen LogP contribution is -2.49. The zero-order chi connectivity index (χ0) is 21.3. The van der Waals surface area contributed by atoms with E-state index >= 15 is 0 Å². The van der Waals surface area contributed by atoms with Crippen LogP contribution in [0.15, 0.2) is 35.6 Å². The van der Waals surface area contributed by atoms with E-state index in [2.05, 4.69) is 21.9 Å². The van der Waals surface area contributed by atoms with Crippen molar-refractivity contribution in [3.63, 3.8) is 0 Å². The van der Waals surface area contributed by atoms with Gasteiger partial charge in [0.2, 0.25) is 11.8 Å². The van der Waals surface area contributed by atoms with Gasteiger partial charge in [0.15, 0.2) is 0 Å². The van der Waals surface area contributed by atoms with Crippen LogP contribution in [-0.2, 0) is 0 Å². The van der Waals surface area contributed by atoms with E-state index in [9.17, 15) is 4.79 Å². The summed E-state index contributed by atoms with van der Waals surface area (Å²) < 4.78 is 11.4. The smallest absolute Gasteiger partial charge is 0.256 e. The normalized spacial score (nSPS) is 20.4. The quantitative estimate of drug-likeness (QED) is 0.817. The Balaban J connectivity index is 1.57. The van der Waals surface area contributed by atoms with E-state index in [0.29, 0.717) is 35.2 Å². The Hall–Kier alpha value is -3.42. The lowest BCUT2D eigenvalue weighted by Gasteiger charge is -2.38. The second-order valence-electron chi connectivity index (χ2n) is 7.57. The summed E-state index contributed by atoms with van der Waals surface area (Å²) in [6.07, 6.45) is 6.54. The Bertz CT molecular complexity index is 1030. The minimum atomic E-state index is -0.155. The number of anilines is 1. The predicted molar refractivity (Wildman–Crippen MR) is 115 cm³/mol. The zero-order valence-corrected chi connectivity index (χ0v) is 17.3. The number of likely N-dealkylation sites (tertiary alicyclic amines) is 1. The number of aliphatic imine (C=N–C) groups is 1. The van der Waals surface area contributed by atoms with E-state index in [1.807, 2.05) is 11.8 Å². The molecule has 2 aliphatic heterocycles. The molecule has 156 valence electrons. The third-order valence-electron chi connectivity index (χ3n) is 5.59. The topological polar surface area (TPSA) is 103 Å². The Morgan fingerprint density at radius 2 is 2.07 bits per heavy atom. The maximum absolute atomic E-state index is 13.5. The van der Waals surface area contributed by atoms with Crippen LogP contribution in [0, 0.1) is 6.92 Å². The molecule has 2 aromatic heterocycles. The van der Waals surface area contributed by atoms with Crippen molar-refractivity contribution in [3.8, 4) is 11.8 Å². The van der Waals surface area contributed by atoms with Crippen LogP contribution in [0.25, 0.3) is 5.57 Å². The number of methoxy groups -OCH3 is 1. The lowest BCUT2D eigenvalue weighted by atomic mass is 9.98. The molecular weight excluding hydrogens is 382 g/mol. The summed E-state index contributed by atoms with van der Waals surface area (Å²) >= 11 is 0. The molecule has 0 saturated carbocycles. The SMILES string of the molecule is COc1ccc(C(=O)N2CC(Oc3nccc(N)c3C)CCC2C)c(C2=CN=C2)n1. The van der Waals surface area contributed by atoms with Crippen molar-refractivity contribution < 1.29 is 14.3 Å². The Kier molecular flexibility index (Phi) is 5.39.